The molecule has 3 aromatic carbocycles. The summed E-state index contributed by atoms with van der Waals surface area (Å²) in [5, 5.41) is 22.9. The van der Waals surface area contributed by atoms with Crippen LogP contribution in [-0.4, -0.2) is 33.3 Å². The Morgan fingerprint density at radius 1 is 1.14 bits per heavy atom. The fourth-order valence-corrected chi connectivity index (χ4v) is 5.29. The van der Waals surface area contributed by atoms with Crippen LogP contribution in [0.2, 0.25) is 0 Å². The van der Waals surface area contributed by atoms with Gasteiger partial charge in [-0.3, -0.25) is 24.6 Å². The third-order valence-electron chi connectivity index (χ3n) is 6.03. The van der Waals surface area contributed by atoms with E-state index in [1.165, 1.54) is 34.4 Å². The number of carbonyl (C=O) groups excluding carboxylic acids is 2. The van der Waals surface area contributed by atoms with Gasteiger partial charge < -0.3 is 9.84 Å². The number of nitro benzene ring substituents is 1. The fourth-order valence-electron chi connectivity index (χ4n) is 4.27. The van der Waals surface area contributed by atoms with Gasteiger partial charge in [-0.2, -0.15) is 0 Å². The van der Waals surface area contributed by atoms with Crippen LogP contribution in [0.1, 0.15) is 29.7 Å². The summed E-state index contributed by atoms with van der Waals surface area (Å²) in [6.07, 6.45) is 0. The number of rotatable bonds is 6. The van der Waals surface area contributed by atoms with Crippen molar-refractivity contribution in [2.75, 3.05) is 11.5 Å². The minimum Gasteiger partial charge on any atom is -0.507 e. The van der Waals surface area contributed by atoms with E-state index in [4.69, 9.17) is 4.74 Å². The molecule has 0 bridgehead atoms. The molecule has 0 saturated carbocycles. The molecule has 1 atom stereocenters. The zero-order chi connectivity index (χ0) is 26.3. The molecule has 186 valence electrons. The van der Waals surface area contributed by atoms with Gasteiger partial charge in [0.15, 0.2) is 5.13 Å². The van der Waals surface area contributed by atoms with E-state index in [1.54, 1.807) is 48.5 Å². The van der Waals surface area contributed by atoms with Gasteiger partial charge in [0.25, 0.3) is 11.5 Å². The minimum atomic E-state index is -1.12. The molecule has 10 heteroatoms. The van der Waals surface area contributed by atoms with Crippen LogP contribution in [0.5, 0.6) is 5.75 Å². The minimum absolute atomic E-state index is 0.163. The molecular weight excluding hydrogens is 494 g/mol. The number of amides is 1. The standard InChI is InChI=1S/C27H21N3O6S/c1-3-36-19-11-12-20-21(14-19)37-27(28-20)29-23(17-5-4-6-18(13-17)30(34)35)22(25(32)26(29)33)24(31)16-9-7-15(2)8-10-16/h4-14,23,31H,3H2,1-2H3/t23-/m0/s1. The number of nitrogens with zero attached hydrogens (tertiary/aromatic N) is 3. The van der Waals surface area contributed by atoms with Gasteiger partial charge in [-0.05, 0) is 37.6 Å². The molecule has 0 unspecified atom stereocenters. The summed E-state index contributed by atoms with van der Waals surface area (Å²) in [7, 11) is 0. The highest BCUT2D eigenvalue weighted by Crippen LogP contribution is 2.45. The molecule has 5 rings (SSSR count). The van der Waals surface area contributed by atoms with Crippen LogP contribution < -0.4 is 9.64 Å². The van der Waals surface area contributed by atoms with E-state index < -0.39 is 22.7 Å². The summed E-state index contributed by atoms with van der Waals surface area (Å²) < 4.78 is 6.29. The summed E-state index contributed by atoms with van der Waals surface area (Å²) in [5.74, 6) is -1.50. The molecule has 1 aliphatic rings. The molecule has 4 aromatic rings. The van der Waals surface area contributed by atoms with Crippen molar-refractivity contribution in [1.82, 2.24) is 4.98 Å². The van der Waals surface area contributed by atoms with Crippen molar-refractivity contribution in [3.05, 3.63) is 99.1 Å². The first kappa shape index (κ1) is 24.1. The van der Waals surface area contributed by atoms with Gasteiger partial charge >= 0.3 is 5.91 Å². The molecule has 9 nitrogen and oxygen atoms in total. The summed E-state index contributed by atoms with van der Waals surface area (Å²) >= 11 is 1.18. The van der Waals surface area contributed by atoms with Crippen LogP contribution in [-0.2, 0) is 9.59 Å². The first-order valence-electron chi connectivity index (χ1n) is 11.4. The van der Waals surface area contributed by atoms with Crippen molar-refractivity contribution < 1.29 is 24.4 Å². The number of aryl methyl sites for hydroxylation is 1. The monoisotopic (exact) mass is 515 g/mol. The molecule has 1 N–H and O–H groups in total. The summed E-state index contributed by atoms with van der Waals surface area (Å²) in [4.78, 5) is 43.4. The molecule has 2 heterocycles. The molecule has 1 fully saturated rings. The van der Waals surface area contributed by atoms with Crippen molar-refractivity contribution in [2.45, 2.75) is 19.9 Å². The molecule has 37 heavy (non-hydrogen) atoms. The number of hydrogen-bond acceptors (Lipinski definition) is 8. The number of ether oxygens (including phenoxy) is 1. The lowest BCUT2D eigenvalue weighted by Gasteiger charge is -2.22. The van der Waals surface area contributed by atoms with Gasteiger partial charge in [0, 0.05) is 17.7 Å². The maximum absolute atomic E-state index is 13.4. The van der Waals surface area contributed by atoms with E-state index in [9.17, 15) is 24.8 Å². The van der Waals surface area contributed by atoms with E-state index in [0.717, 1.165) is 10.3 Å². The second-order valence-electron chi connectivity index (χ2n) is 8.45. The van der Waals surface area contributed by atoms with Gasteiger partial charge in [0.2, 0.25) is 0 Å². The molecule has 0 radical (unpaired) electrons. The molecule has 1 aromatic heterocycles. The number of non-ortho nitro benzene ring substituents is 1. The highest BCUT2D eigenvalue weighted by molar-refractivity contribution is 7.22. The Morgan fingerprint density at radius 3 is 2.59 bits per heavy atom. The van der Waals surface area contributed by atoms with Crippen LogP contribution in [0.3, 0.4) is 0 Å². The first-order valence-corrected chi connectivity index (χ1v) is 12.3. The van der Waals surface area contributed by atoms with Gasteiger partial charge in [0.05, 0.1) is 33.4 Å². The number of carbonyl (C=O) groups is 2. The van der Waals surface area contributed by atoms with E-state index in [1.807, 2.05) is 13.8 Å². The Hall–Kier alpha value is -4.57. The Kier molecular flexibility index (Phi) is 6.18. The number of thiazole rings is 1. The Labute approximate surface area is 215 Å². The molecule has 1 amide bonds. The topological polar surface area (TPSA) is 123 Å². The van der Waals surface area contributed by atoms with Gasteiger partial charge in [-0.1, -0.05) is 53.3 Å². The number of aromatic nitrogens is 1. The fraction of sp³-hybridized carbons (Fsp3) is 0.148. The van der Waals surface area contributed by atoms with Crippen LogP contribution in [0.4, 0.5) is 10.8 Å². The van der Waals surface area contributed by atoms with Crippen molar-refractivity contribution in [3.8, 4) is 5.75 Å². The highest BCUT2D eigenvalue weighted by Gasteiger charge is 2.48. The van der Waals surface area contributed by atoms with Crippen molar-refractivity contribution in [1.29, 1.82) is 0 Å². The summed E-state index contributed by atoms with van der Waals surface area (Å²) in [6, 6.07) is 16.7. The van der Waals surface area contributed by atoms with Crippen molar-refractivity contribution in [3.63, 3.8) is 0 Å². The van der Waals surface area contributed by atoms with E-state index in [0.29, 0.717) is 29.0 Å². The molecule has 1 saturated heterocycles. The maximum atomic E-state index is 13.4. The number of aliphatic hydroxyl groups is 1. The lowest BCUT2D eigenvalue weighted by atomic mass is 9.95. The number of benzene rings is 3. The van der Waals surface area contributed by atoms with Crippen molar-refractivity contribution in [2.24, 2.45) is 0 Å². The summed E-state index contributed by atoms with van der Waals surface area (Å²) in [5.41, 5.74) is 1.84. The lowest BCUT2D eigenvalue weighted by molar-refractivity contribution is -0.384. The van der Waals surface area contributed by atoms with E-state index in [2.05, 4.69) is 4.98 Å². The van der Waals surface area contributed by atoms with Gasteiger partial charge in [0.1, 0.15) is 11.5 Å². The zero-order valence-corrected chi connectivity index (χ0v) is 20.7. The second kappa shape index (κ2) is 9.47. The van der Waals surface area contributed by atoms with Crippen LogP contribution in [0, 0.1) is 17.0 Å². The molecule has 1 aliphatic heterocycles. The van der Waals surface area contributed by atoms with Gasteiger partial charge in [-0.15, -0.1) is 0 Å². The number of aliphatic hydroxyl groups excluding tert-OH is 1. The summed E-state index contributed by atoms with van der Waals surface area (Å²) in [6.45, 7) is 4.24. The normalized spacial score (nSPS) is 16.9. The number of anilines is 1. The largest absolute Gasteiger partial charge is 0.507 e. The van der Waals surface area contributed by atoms with Crippen LogP contribution >= 0.6 is 11.3 Å². The number of nitro groups is 1. The lowest BCUT2D eigenvalue weighted by Crippen LogP contribution is -2.29. The zero-order valence-electron chi connectivity index (χ0n) is 19.9. The van der Waals surface area contributed by atoms with Crippen LogP contribution in [0.25, 0.3) is 16.0 Å². The average molecular weight is 516 g/mol. The molecule has 0 spiro atoms. The van der Waals surface area contributed by atoms with E-state index >= 15 is 0 Å². The predicted molar refractivity (Wildman–Crippen MR) is 140 cm³/mol. The quantitative estimate of drug-likeness (QED) is 0.118. The average Bonchev–Trinajstić information content (AvgIpc) is 3.42. The highest BCUT2D eigenvalue weighted by atomic mass is 32.1. The third-order valence-corrected chi connectivity index (χ3v) is 7.05. The number of hydrogen-bond donors (Lipinski definition) is 1. The maximum Gasteiger partial charge on any atom is 0.301 e. The molecule has 0 aliphatic carbocycles. The number of ketones is 1. The Balaban J connectivity index is 1.71. The molecular formula is C27H21N3O6S. The first-order chi connectivity index (χ1) is 17.8. The van der Waals surface area contributed by atoms with E-state index in [-0.39, 0.29) is 22.2 Å². The Bertz CT molecular complexity index is 1590. The number of fused-ring (bicyclic) bond motifs is 1. The SMILES string of the molecule is CCOc1ccc2nc(N3C(=O)C(=O)C(=C(O)c4ccc(C)cc4)[C@@H]3c3cccc([N+](=O)[O-])c3)sc2c1. The smallest absolute Gasteiger partial charge is 0.301 e. The predicted octanol–water partition coefficient (Wildman–Crippen LogP) is 5.54. The third kappa shape index (κ3) is 4.31. The van der Waals surface area contributed by atoms with Gasteiger partial charge in [-0.25, -0.2) is 4.98 Å². The van der Waals surface area contributed by atoms with Crippen molar-refractivity contribution >= 4 is 49.8 Å². The Morgan fingerprint density at radius 2 is 1.89 bits per heavy atom. The second-order valence-corrected chi connectivity index (χ2v) is 9.46. The number of Topliss-reactive ketones (excluding diaryl/α,β-unsaturated/α-hetero) is 1. The van der Waals surface area contributed by atoms with Crippen LogP contribution in [0.15, 0.2) is 72.3 Å².